The number of rotatable bonds is 5. The van der Waals surface area contributed by atoms with Gasteiger partial charge < -0.3 is 15.8 Å². The molecule has 0 aromatic heterocycles. The molecule has 1 aliphatic heterocycles. The highest BCUT2D eigenvalue weighted by atomic mass is 32.1. The number of hydrogen-bond donors (Lipinski definition) is 2. The van der Waals surface area contributed by atoms with E-state index < -0.39 is 0 Å². The van der Waals surface area contributed by atoms with Gasteiger partial charge >= 0.3 is 0 Å². The summed E-state index contributed by atoms with van der Waals surface area (Å²) in [6.07, 6.45) is 0. The fourth-order valence-electron chi connectivity index (χ4n) is 2.19. The first kappa shape index (κ1) is 14.2. The number of anilines is 1. The van der Waals surface area contributed by atoms with Crippen LogP contribution in [0.25, 0.3) is 0 Å². The Bertz CT molecular complexity index is 444. The number of nitrogens with two attached hydrogens (primary N) is 1. The molecule has 0 atom stereocenters. The molecule has 0 spiro atoms. The lowest BCUT2D eigenvalue weighted by atomic mass is 10.1. The predicted octanol–water partition coefficient (Wildman–Crippen LogP) is 1.37. The van der Waals surface area contributed by atoms with E-state index in [1.807, 2.05) is 12.1 Å². The van der Waals surface area contributed by atoms with Crippen LogP contribution in [-0.2, 0) is 4.74 Å². The molecule has 0 saturated carbocycles. The van der Waals surface area contributed by atoms with E-state index in [9.17, 15) is 0 Å². The molecule has 0 radical (unpaired) electrons. The molecule has 104 valence electrons. The second kappa shape index (κ2) is 6.84. The summed E-state index contributed by atoms with van der Waals surface area (Å²) in [6.45, 7) is 7.66. The van der Waals surface area contributed by atoms with Crippen LogP contribution in [0.5, 0.6) is 0 Å². The predicted molar refractivity (Wildman–Crippen MR) is 82.8 cm³/mol. The third kappa shape index (κ3) is 4.16. The monoisotopic (exact) mass is 279 g/mol. The molecule has 1 saturated heterocycles. The Morgan fingerprint density at radius 3 is 2.84 bits per heavy atom. The lowest BCUT2D eigenvalue weighted by molar-refractivity contribution is 0.0398. The molecule has 4 nitrogen and oxygen atoms in total. The largest absolute Gasteiger partial charge is 0.389 e. The SMILES string of the molecule is Cc1ccc(C(N)=S)c(NCCN2CCOCC2)c1. The maximum Gasteiger partial charge on any atom is 0.106 e. The van der Waals surface area contributed by atoms with Gasteiger partial charge in [0.1, 0.15) is 4.99 Å². The molecule has 19 heavy (non-hydrogen) atoms. The standard InChI is InChI=1S/C14H21N3OS/c1-11-2-3-12(14(15)19)13(10-11)16-4-5-17-6-8-18-9-7-17/h2-3,10,16H,4-9H2,1H3,(H2,15,19). The first-order chi connectivity index (χ1) is 9.16. The maximum atomic E-state index is 5.74. The summed E-state index contributed by atoms with van der Waals surface area (Å²) < 4.78 is 5.33. The van der Waals surface area contributed by atoms with Gasteiger partial charge in [-0.25, -0.2) is 0 Å². The van der Waals surface area contributed by atoms with E-state index in [1.165, 1.54) is 5.56 Å². The Kier molecular flexibility index (Phi) is 5.13. The van der Waals surface area contributed by atoms with Gasteiger partial charge in [-0.3, -0.25) is 4.90 Å². The van der Waals surface area contributed by atoms with Gasteiger partial charge in [-0.05, 0) is 24.6 Å². The number of thiocarbonyl (C=S) groups is 1. The van der Waals surface area contributed by atoms with Gasteiger partial charge in [0.2, 0.25) is 0 Å². The van der Waals surface area contributed by atoms with Gasteiger partial charge in [0, 0.05) is 37.4 Å². The van der Waals surface area contributed by atoms with E-state index in [0.29, 0.717) is 4.99 Å². The zero-order chi connectivity index (χ0) is 13.7. The molecule has 5 heteroatoms. The number of nitrogens with zero attached hydrogens (tertiary/aromatic N) is 1. The Hall–Kier alpha value is -1.17. The highest BCUT2D eigenvalue weighted by Gasteiger charge is 2.10. The summed E-state index contributed by atoms with van der Waals surface area (Å²) in [5.74, 6) is 0. The van der Waals surface area contributed by atoms with Gasteiger partial charge in [-0.15, -0.1) is 0 Å². The molecular weight excluding hydrogens is 258 g/mol. The normalized spacial score (nSPS) is 16.3. The number of morpholine rings is 1. The molecule has 0 bridgehead atoms. The van der Waals surface area contributed by atoms with Crippen molar-refractivity contribution in [1.82, 2.24) is 4.90 Å². The van der Waals surface area contributed by atoms with Crippen molar-refractivity contribution in [1.29, 1.82) is 0 Å². The molecule has 1 fully saturated rings. The minimum atomic E-state index is 0.439. The average molecular weight is 279 g/mol. The highest BCUT2D eigenvalue weighted by Crippen LogP contribution is 2.17. The van der Waals surface area contributed by atoms with Gasteiger partial charge in [0.15, 0.2) is 0 Å². The number of benzene rings is 1. The zero-order valence-electron chi connectivity index (χ0n) is 11.3. The quantitative estimate of drug-likeness (QED) is 0.797. The van der Waals surface area contributed by atoms with E-state index in [0.717, 1.165) is 50.6 Å². The molecule has 3 N–H and O–H groups in total. The average Bonchev–Trinajstić information content (AvgIpc) is 2.39. The van der Waals surface area contributed by atoms with E-state index in [1.54, 1.807) is 0 Å². The van der Waals surface area contributed by atoms with Crippen molar-refractivity contribution in [2.24, 2.45) is 5.73 Å². The minimum absolute atomic E-state index is 0.439. The molecule has 0 unspecified atom stereocenters. The smallest absolute Gasteiger partial charge is 0.106 e. The first-order valence-corrected chi connectivity index (χ1v) is 7.02. The van der Waals surface area contributed by atoms with Crippen molar-refractivity contribution >= 4 is 22.9 Å². The Morgan fingerprint density at radius 2 is 2.16 bits per heavy atom. The van der Waals surface area contributed by atoms with Crippen molar-refractivity contribution in [3.8, 4) is 0 Å². The van der Waals surface area contributed by atoms with Crippen molar-refractivity contribution < 1.29 is 4.74 Å². The summed E-state index contributed by atoms with van der Waals surface area (Å²) in [6, 6.07) is 6.10. The molecule has 0 amide bonds. The Labute approximate surface area is 119 Å². The number of hydrogen-bond acceptors (Lipinski definition) is 4. The third-order valence-electron chi connectivity index (χ3n) is 3.29. The molecule has 2 rings (SSSR count). The van der Waals surface area contributed by atoms with Gasteiger partial charge in [0.05, 0.1) is 13.2 Å². The van der Waals surface area contributed by atoms with Crippen molar-refractivity contribution in [2.75, 3.05) is 44.7 Å². The highest BCUT2D eigenvalue weighted by molar-refractivity contribution is 7.80. The van der Waals surface area contributed by atoms with Crippen LogP contribution in [-0.4, -0.2) is 49.3 Å². The third-order valence-corrected chi connectivity index (χ3v) is 3.51. The summed E-state index contributed by atoms with van der Waals surface area (Å²) in [5, 5.41) is 3.43. The van der Waals surface area contributed by atoms with Crippen LogP contribution < -0.4 is 11.1 Å². The van der Waals surface area contributed by atoms with Crippen LogP contribution in [0.2, 0.25) is 0 Å². The molecule has 1 aromatic rings. The van der Waals surface area contributed by atoms with Gasteiger partial charge in [-0.2, -0.15) is 0 Å². The number of aryl methyl sites for hydroxylation is 1. The summed E-state index contributed by atoms with van der Waals surface area (Å²) >= 11 is 5.08. The van der Waals surface area contributed by atoms with Crippen molar-refractivity contribution in [3.63, 3.8) is 0 Å². The van der Waals surface area contributed by atoms with Crippen molar-refractivity contribution in [2.45, 2.75) is 6.92 Å². The molecule has 1 heterocycles. The van der Waals surface area contributed by atoms with Crippen LogP contribution >= 0.6 is 12.2 Å². The molecule has 1 aliphatic rings. The Morgan fingerprint density at radius 1 is 1.42 bits per heavy atom. The van der Waals surface area contributed by atoms with E-state index in [4.69, 9.17) is 22.7 Å². The lowest BCUT2D eigenvalue weighted by Crippen LogP contribution is -2.39. The molecule has 0 aliphatic carbocycles. The topological polar surface area (TPSA) is 50.5 Å². The van der Waals surface area contributed by atoms with E-state index >= 15 is 0 Å². The fraction of sp³-hybridized carbons (Fsp3) is 0.500. The van der Waals surface area contributed by atoms with E-state index in [2.05, 4.69) is 23.2 Å². The second-order valence-electron chi connectivity index (χ2n) is 4.79. The number of ether oxygens (including phenoxy) is 1. The maximum absolute atomic E-state index is 5.74. The van der Waals surface area contributed by atoms with Crippen LogP contribution in [0.3, 0.4) is 0 Å². The van der Waals surface area contributed by atoms with Crippen molar-refractivity contribution in [3.05, 3.63) is 29.3 Å². The van der Waals surface area contributed by atoms with Gasteiger partial charge in [0.25, 0.3) is 0 Å². The molecular formula is C14H21N3OS. The first-order valence-electron chi connectivity index (χ1n) is 6.61. The second-order valence-corrected chi connectivity index (χ2v) is 5.23. The summed E-state index contributed by atoms with van der Waals surface area (Å²) in [5.41, 5.74) is 8.89. The summed E-state index contributed by atoms with van der Waals surface area (Å²) in [7, 11) is 0. The Balaban J connectivity index is 1.91. The van der Waals surface area contributed by atoms with Crippen LogP contribution in [0.15, 0.2) is 18.2 Å². The zero-order valence-corrected chi connectivity index (χ0v) is 12.1. The minimum Gasteiger partial charge on any atom is -0.389 e. The van der Waals surface area contributed by atoms with Crippen LogP contribution in [0.4, 0.5) is 5.69 Å². The summed E-state index contributed by atoms with van der Waals surface area (Å²) in [4.78, 5) is 2.83. The van der Waals surface area contributed by atoms with Crippen LogP contribution in [0, 0.1) is 6.92 Å². The van der Waals surface area contributed by atoms with Crippen LogP contribution in [0.1, 0.15) is 11.1 Å². The number of nitrogens with one attached hydrogen (secondary N) is 1. The fourth-order valence-corrected chi connectivity index (χ4v) is 2.37. The van der Waals surface area contributed by atoms with E-state index in [-0.39, 0.29) is 0 Å². The lowest BCUT2D eigenvalue weighted by Gasteiger charge is -2.26. The molecule has 1 aromatic carbocycles. The van der Waals surface area contributed by atoms with Gasteiger partial charge in [-0.1, -0.05) is 18.3 Å².